The SMILES string of the molecule is CC(C)CN(Cc1cc(I)c2c(c1)OCCCO2)C(=O)C(C)CNCc1cccn1C. The first kappa shape index (κ1) is 23.9. The summed E-state index contributed by atoms with van der Waals surface area (Å²) in [4.78, 5) is 15.3. The van der Waals surface area contributed by atoms with Gasteiger partial charge in [0.05, 0.1) is 16.8 Å². The van der Waals surface area contributed by atoms with Crippen molar-refractivity contribution >= 4 is 28.5 Å². The number of nitrogens with zero attached hydrogens (tertiary/aromatic N) is 2. The molecule has 0 fully saturated rings. The van der Waals surface area contributed by atoms with Crippen molar-refractivity contribution in [2.24, 2.45) is 18.9 Å². The minimum absolute atomic E-state index is 0.0986. The molecule has 0 saturated carbocycles. The zero-order chi connectivity index (χ0) is 22.4. The number of halogens is 1. The number of carbonyl (C=O) groups excluding carboxylic acids is 1. The van der Waals surface area contributed by atoms with Gasteiger partial charge < -0.3 is 24.3 Å². The molecule has 6 nitrogen and oxygen atoms in total. The molecule has 1 N–H and O–H groups in total. The lowest BCUT2D eigenvalue weighted by molar-refractivity contribution is -0.136. The third-order valence-electron chi connectivity index (χ3n) is 5.36. The summed E-state index contributed by atoms with van der Waals surface area (Å²) in [6.45, 7) is 10.3. The van der Waals surface area contributed by atoms with E-state index in [1.54, 1.807) is 0 Å². The average Bonchev–Trinajstić information content (AvgIpc) is 2.97. The zero-order valence-corrected chi connectivity index (χ0v) is 21.1. The van der Waals surface area contributed by atoms with Crippen molar-refractivity contribution in [3.05, 3.63) is 45.3 Å². The van der Waals surface area contributed by atoms with Gasteiger partial charge in [0.1, 0.15) is 0 Å². The van der Waals surface area contributed by atoms with Crippen LogP contribution < -0.4 is 14.8 Å². The molecule has 2 aromatic rings. The van der Waals surface area contributed by atoms with Crippen LogP contribution in [-0.4, -0.2) is 41.7 Å². The van der Waals surface area contributed by atoms with Crippen molar-refractivity contribution in [1.29, 1.82) is 0 Å². The molecule has 0 spiro atoms. The average molecular weight is 539 g/mol. The molecule has 1 aromatic carbocycles. The van der Waals surface area contributed by atoms with Crippen molar-refractivity contribution in [3.63, 3.8) is 0 Å². The number of aryl methyl sites for hydroxylation is 1. The van der Waals surface area contributed by atoms with E-state index in [4.69, 9.17) is 9.47 Å². The van der Waals surface area contributed by atoms with Crippen LogP contribution in [0.15, 0.2) is 30.5 Å². The molecule has 1 atom stereocenters. The summed E-state index contributed by atoms with van der Waals surface area (Å²) in [5.74, 6) is 2.08. The molecule has 3 rings (SSSR count). The van der Waals surface area contributed by atoms with Crippen molar-refractivity contribution in [2.45, 2.75) is 40.3 Å². The van der Waals surface area contributed by atoms with Gasteiger partial charge in [-0.1, -0.05) is 20.8 Å². The molecule has 1 aliphatic rings. The van der Waals surface area contributed by atoms with Crippen molar-refractivity contribution in [1.82, 2.24) is 14.8 Å². The maximum absolute atomic E-state index is 13.3. The number of aromatic nitrogens is 1. The lowest BCUT2D eigenvalue weighted by atomic mass is 10.1. The van der Waals surface area contributed by atoms with Crippen LogP contribution in [0.25, 0.3) is 0 Å². The summed E-state index contributed by atoms with van der Waals surface area (Å²) in [6.07, 6.45) is 2.91. The number of hydrogen-bond acceptors (Lipinski definition) is 4. The standard InChI is InChI=1S/C24H34IN3O3/c1-17(2)15-28(24(29)18(3)13-26-14-20-7-5-8-27(20)4)16-19-11-21(25)23-22(12-19)30-9-6-10-31-23/h5,7-8,11-12,17-18,26H,6,9-10,13-16H2,1-4H3. The highest BCUT2D eigenvalue weighted by molar-refractivity contribution is 14.1. The van der Waals surface area contributed by atoms with Gasteiger partial charge in [-0.25, -0.2) is 0 Å². The first-order valence-electron chi connectivity index (χ1n) is 11.0. The van der Waals surface area contributed by atoms with Crippen LogP contribution in [0.4, 0.5) is 0 Å². The third-order valence-corrected chi connectivity index (χ3v) is 6.16. The number of benzene rings is 1. The second-order valence-corrected chi connectivity index (χ2v) is 9.87. The van der Waals surface area contributed by atoms with E-state index in [-0.39, 0.29) is 11.8 Å². The molecular weight excluding hydrogens is 505 g/mol. The fourth-order valence-corrected chi connectivity index (χ4v) is 4.59. The number of nitrogens with one attached hydrogen (secondary N) is 1. The molecule has 1 amide bonds. The van der Waals surface area contributed by atoms with Gasteiger partial charge in [-0.2, -0.15) is 0 Å². The zero-order valence-electron chi connectivity index (χ0n) is 19.0. The lowest BCUT2D eigenvalue weighted by Crippen LogP contribution is -2.40. The normalized spacial score (nSPS) is 14.4. The number of hydrogen-bond donors (Lipinski definition) is 1. The Bertz CT molecular complexity index is 881. The molecule has 1 unspecified atom stereocenters. The second-order valence-electron chi connectivity index (χ2n) is 8.71. The molecule has 0 bridgehead atoms. The van der Waals surface area contributed by atoms with E-state index in [1.165, 1.54) is 5.69 Å². The third kappa shape index (κ3) is 6.62. The van der Waals surface area contributed by atoms with E-state index in [0.717, 1.165) is 40.1 Å². The van der Waals surface area contributed by atoms with Gasteiger partial charge in [0.2, 0.25) is 5.91 Å². The van der Waals surface area contributed by atoms with Gasteiger partial charge in [0, 0.05) is 57.5 Å². The highest BCUT2D eigenvalue weighted by atomic mass is 127. The molecule has 7 heteroatoms. The number of rotatable bonds is 9. The smallest absolute Gasteiger partial charge is 0.226 e. The van der Waals surface area contributed by atoms with Gasteiger partial charge in [0.25, 0.3) is 0 Å². The van der Waals surface area contributed by atoms with Crippen molar-refractivity contribution in [2.75, 3.05) is 26.3 Å². The molecule has 170 valence electrons. The molecule has 0 saturated heterocycles. The summed E-state index contributed by atoms with van der Waals surface area (Å²) in [5.41, 5.74) is 2.28. The lowest BCUT2D eigenvalue weighted by Gasteiger charge is -2.28. The van der Waals surface area contributed by atoms with Crippen LogP contribution in [0.2, 0.25) is 0 Å². The summed E-state index contributed by atoms with van der Waals surface area (Å²) < 4.78 is 14.9. The largest absolute Gasteiger partial charge is 0.490 e. The van der Waals surface area contributed by atoms with Crippen molar-refractivity contribution < 1.29 is 14.3 Å². The van der Waals surface area contributed by atoms with Gasteiger partial charge >= 0.3 is 0 Å². The van der Waals surface area contributed by atoms with Crippen LogP contribution >= 0.6 is 22.6 Å². The Kier molecular flexibility index (Phi) is 8.66. The van der Waals surface area contributed by atoms with Crippen LogP contribution in [0.5, 0.6) is 11.5 Å². The minimum Gasteiger partial charge on any atom is -0.490 e. The first-order valence-corrected chi connectivity index (χ1v) is 12.1. The fraction of sp³-hybridized carbons (Fsp3) is 0.542. The van der Waals surface area contributed by atoms with E-state index in [2.05, 4.69) is 58.5 Å². The molecular formula is C24H34IN3O3. The van der Waals surface area contributed by atoms with E-state index in [0.29, 0.717) is 32.2 Å². The molecule has 31 heavy (non-hydrogen) atoms. The van der Waals surface area contributed by atoms with E-state index in [9.17, 15) is 4.79 Å². The summed E-state index contributed by atoms with van der Waals surface area (Å²) in [5, 5.41) is 3.43. The van der Waals surface area contributed by atoms with Gasteiger partial charge in [-0.15, -0.1) is 0 Å². The predicted octanol–water partition coefficient (Wildman–Crippen LogP) is 4.20. The maximum atomic E-state index is 13.3. The Morgan fingerprint density at radius 3 is 2.74 bits per heavy atom. The number of carbonyl (C=O) groups is 1. The summed E-state index contributed by atoms with van der Waals surface area (Å²) in [6, 6.07) is 8.26. The monoisotopic (exact) mass is 539 g/mol. The van der Waals surface area contributed by atoms with Crippen LogP contribution in [-0.2, 0) is 24.9 Å². The highest BCUT2D eigenvalue weighted by Gasteiger charge is 2.23. The Morgan fingerprint density at radius 2 is 2.03 bits per heavy atom. The number of ether oxygens (including phenoxy) is 2. The van der Waals surface area contributed by atoms with Crippen LogP contribution in [0, 0.1) is 15.4 Å². The van der Waals surface area contributed by atoms with Gasteiger partial charge in [-0.3, -0.25) is 4.79 Å². The quantitative estimate of drug-likeness (QED) is 0.486. The number of fused-ring (bicyclic) bond motifs is 1. The maximum Gasteiger partial charge on any atom is 0.226 e. The van der Waals surface area contributed by atoms with Gasteiger partial charge in [-0.05, 0) is 58.3 Å². The van der Waals surface area contributed by atoms with Crippen LogP contribution in [0.3, 0.4) is 0 Å². The van der Waals surface area contributed by atoms with Crippen molar-refractivity contribution in [3.8, 4) is 11.5 Å². The van der Waals surface area contributed by atoms with E-state index < -0.39 is 0 Å². The van der Waals surface area contributed by atoms with E-state index >= 15 is 0 Å². The topological polar surface area (TPSA) is 55.7 Å². The predicted molar refractivity (Wildman–Crippen MR) is 131 cm³/mol. The molecule has 1 aliphatic heterocycles. The summed E-state index contributed by atoms with van der Waals surface area (Å²) in [7, 11) is 2.03. The molecule has 1 aromatic heterocycles. The highest BCUT2D eigenvalue weighted by Crippen LogP contribution is 2.36. The number of amides is 1. The Hall–Kier alpha value is -1.74. The van der Waals surface area contributed by atoms with E-state index in [1.807, 2.05) is 37.2 Å². The second kappa shape index (κ2) is 11.2. The molecule has 2 heterocycles. The Balaban J connectivity index is 1.66. The van der Waals surface area contributed by atoms with Crippen LogP contribution in [0.1, 0.15) is 38.4 Å². The molecule has 0 aliphatic carbocycles. The van der Waals surface area contributed by atoms with Gasteiger partial charge in [0.15, 0.2) is 11.5 Å². The molecule has 0 radical (unpaired) electrons. The Morgan fingerprint density at radius 1 is 1.26 bits per heavy atom. The minimum atomic E-state index is -0.0986. The fourth-order valence-electron chi connectivity index (χ4n) is 3.76. The summed E-state index contributed by atoms with van der Waals surface area (Å²) >= 11 is 2.29. The first-order chi connectivity index (χ1) is 14.8. The Labute approximate surface area is 199 Å².